The molecule has 20 heavy (non-hydrogen) atoms. The molecule has 2 aromatic carbocycles. The first-order chi connectivity index (χ1) is 9.80. The Morgan fingerprint density at radius 2 is 2.00 bits per heavy atom. The maximum atomic E-state index is 6.39. The third kappa shape index (κ3) is 1.67. The zero-order valence-corrected chi connectivity index (χ0v) is 12.0. The highest BCUT2D eigenvalue weighted by Gasteiger charge is 2.43. The summed E-state index contributed by atoms with van der Waals surface area (Å²) in [5, 5.41) is 0.775. The number of nitrogens with zero attached hydrogens (tertiary/aromatic N) is 1. The molecular formula is C16H16BClNO-. The minimum absolute atomic E-state index is 0.775. The number of fused-ring (bicyclic) bond motifs is 3. The van der Waals surface area contributed by atoms with Gasteiger partial charge in [0.2, 0.25) is 6.48 Å². The molecule has 0 spiro atoms. The largest absolute Gasteiger partial charge is 0.570 e. The van der Waals surface area contributed by atoms with Crippen molar-refractivity contribution in [3.05, 3.63) is 59.1 Å². The van der Waals surface area contributed by atoms with E-state index in [1.807, 2.05) is 12.1 Å². The highest BCUT2D eigenvalue weighted by molar-refractivity contribution is 6.96. The van der Waals surface area contributed by atoms with Crippen molar-refractivity contribution in [2.24, 2.45) is 0 Å². The van der Waals surface area contributed by atoms with Crippen molar-refractivity contribution < 1.29 is 4.65 Å². The van der Waals surface area contributed by atoms with Crippen LogP contribution in [0.5, 0.6) is 0 Å². The van der Waals surface area contributed by atoms with E-state index < -0.39 is 6.48 Å². The second-order valence-electron chi connectivity index (χ2n) is 5.69. The van der Waals surface area contributed by atoms with Crippen LogP contribution in [0.4, 0.5) is 0 Å². The molecule has 2 aromatic rings. The first kappa shape index (κ1) is 12.5. The van der Waals surface area contributed by atoms with Crippen LogP contribution in [-0.4, -0.2) is 24.4 Å². The summed E-state index contributed by atoms with van der Waals surface area (Å²) in [5.74, 6) is 0. The van der Waals surface area contributed by atoms with Crippen LogP contribution in [0, 0.1) is 0 Å². The minimum Gasteiger partial charge on any atom is -0.570 e. The van der Waals surface area contributed by atoms with Gasteiger partial charge in [-0.05, 0) is 25.6 Å². The van der Waals surface area contributed by atoms with Crippen molar-refractivity contribution in [1.82, 2.24) is 4.81 Å². The van der Waals surface area contributed by atoms with E-state index in [2.05, 4.69) is 41.2 Å². The van der Waals surface area contributed by atoms with Crippen LogP contribution in [0.25, 0.3) is 0 Å². The Balaban J connectivity index is 1.95. The maximum Gasteiger partial charge on any atom is 0.242 e. The van der Waals surface area contributed by atoms with E-state index in [1.54, 1.807) is 0 Å². The average Bonchev–Trinajstić information content (AvgIpc) is 2.83. The Hall–Kier alpha value is -1.29. The molecule has 0 amide bonds. The van der Waals surface area contributed by atoms with E-state index in [0.717, 1.165) is 31.1 Å². The van der Waals surface area contributed by atoms with Gasteiger partial charge in [0.05, 0.1) is 0 Å². The second-order valence-corrected chi connectivity index (χ2v) is 6.13. The summed E-state index contributed by atoms with van der Waals surface area (Å²) in [7, 11) is 0. The van der Waals surface area contributed by atoms with Crippen molar-refractivity contribution in [2.75, 3.05) is 13.2 Å². The van der Waals surface area contributed by atoms with E-state index in [4.69, 9.17) is 16.3 Å². The van der Waals surface area contributed by atoms with Gasteiger partial charge in [-0.3, -0.25) is 0 Å². The predicted octanol–water partition coefficient (Wildman–Crippen LogP) is 2.13. The topological polar surface area (TPSA) is 12.5 Å². The Kier molecular flexibility index (Phi) is 2.88. The third-order valence-electron chi connectivity index (χ3n) is 4.61. The smallest absolute Gasteiger partial charge is 0.242 e. The molecule has 4 heteroatoms. The van der Waals surface area contributed by atoms with Gasteiger partial charge < -0.3 is 9.47 Å². The van der Waals surface area contributed by atoms with Crippen LogP contribution in [0.15, 0.2) is 48.5 Å². The highest BCUT2D eigenvalue weighted by atomic mass is 35.5. The first-order valence-corrected chi connectivity index (χ1v) is 7.56. The van der Waals surface area contributed by atoms with Crippen molar-refractivity contribution in [2.45, 2.75) is 13.0 Å². The summed E-state index contributed by atoms with van der Waals surface area (Å²) in [6.45, 7) is 1.63. The maximum absolute atomic E-state index is 6.39. The molecule has 0 aliphatic carbocycles. The zero-order valence-electron chi connectivity index (χ0n) is 11.3. The van der Waals surface area contributed by atoms with E-state index in [1.165, 1.54) is 16.5 Å². The van der Waals surface area contributed by atoms with E-state index in [9.17, 15) is 0 Å². The third-order valence-corrected chi connectivity index (χ3v) is 4.85. The fourth-order valence-corrected chi connectivity index (χ4v) is 4.02. The van der Waals surface area contributed by atoms with Crippen LogP contribution >= 0.6 is 11.6 Å². The SMILES string of the molecule is Clc1cccc([B-]23OCCCN2Cc2ccccc23)c1. The van der Waals surface area contributed by atoms with Gasteiger partial charge in [-0.15, -0.1) is 0 Å². The Labute approximate surface area is 124 Å². The molecule has 0 bridgehead atoms. The number of benzene rings is 2. The number of hydrogen-bond acceptors (Lipinski definition) is 2. The molecule has 0 radical (unpaired) electrons. The van der Waals surface area contributed by atoms with Crippen LogP contribution in [-0.2, 0) is 11.2 Å². The summed E-state index contributed by atoms with van der Waals surface area (Å²) in [5.41, 5.74) is 3.91. The second kappa shape index (κ2) is 4.62. The predicted molar refractivity (Wildman–Crippen MR) is 83.9 cm³/mol. The molecule has 1 fully saturated rings. The number of halogens is 1. The standard InChI is InChI=1S/C16H16BClNO/c18-15-7-3-6-14(11-15)17-16-8-2-1-5-13(16)12-19(17)9-4-10-20-17/h1-3,5-8,11H,4,9-10,12H2/q-1. The van der Waals surface area contributed by atoms with Crippen molar-refractivity contribution >= 4 is 29.0 Å². The van der Waals surface area contributed by atoms with Gasteiger partial charge in [0.1, 0.15) is 0 Å². The van der Waals surface area contributed by atoms with Crippen LogP contribution in [0.2, 0.25) is 5.02 Å². The fraction of sp³-hybridized carbons (Fsp3) is 0.250. The molecule has 2 aliphatic heterocycles. The molecule has 0 N–H and O–H groups in total. The molecule has 0 aromatic heterocycles. The van der Waals surface area contributed by atoms with Crippen LogP contribution in [0.3, 0.4) is 0 Å². The molecule has 4 rings (SSSR count). The van der Waals surface area contributed by atoms with E-state index in [-0.39, 0.29) is 0 Å². The molecule has 1 atom stereocenters. The summed E-state index contributed by atoms with van der Waals surface area (Å²) < 4.78 is 6.39. The number of rotatable bonds is 1. The van der Waals surface area contributed by atoms with E-state index in [0.29, 0.717) is 0 Å². The monoisotopic (exact) mass is 284 g/mol. The Morgan fingerprint density at radius 3 is 2.90 bits per heavy atom. The summed E-state index contributed by atoms with van der Waals surface area (Å²) in [6.07, 6.45) is 1.10. The Bertz CT molecular complexity index is 662. The van der Waals surface area contributed by atoms with Crippen LogP contribution < -0.4 is 10.9 Å². The van der Waals surface area contributed by atoms with Gasteiger partial charge in [0.25, 0.3) is 0 Å². The molecule has 1 unspecified atom stereocenters. The highest BCUT2D eigenvalue weighted by Crippen LogP contribution is 2.28. The van der Waals surface area contributed by atoms with E-state index >= 15 is 0 Å². The first-order valence-electron chi connectivity index (χ1n) is 7.18. The normalized spacial score (nSPS) is 25.2. The van der Waals surface area contributed by atoms with Crippen molar-refractivity contribution in [3.8, 4) is 0 Å². The molecule has 0 saturated carbocycles. The van der Waals surface area contributed by atoms with Crippen molar-refractivity contribution in [1.29, 1.82) is 0 Å². The molecule has 2 aliphatic rings. The lowest BCUT2D eigenvalue weighted by molar-refractivity contribution is 0.199. The summed E-state index contributed by atoms with van der Waals surface area (Å²) in [6, 6.07) is 16.8. The van der Waals surface area contributed by atoms with Gasteiger partial charge >= 0.3 is 0 Å². The van der Waals surface area contributed by atoms with Crippen molar-refractivity contribution in [3.63, 3.8) is 0 Å². The molecule has 2 heterocycles. The lowest BCUT2D eigenvalue weighted by Crippen LogP contribution is -2.70. The van der Waals surface area contributed by atoms with Gasteiger partial charge in [-0.2, -0.15) is 10.9 Å². The van der Waals surface area contributed by atoms with Gasteiger partial charge in [-0.25, -0.2) is 0 Å². The minimum atomic E-state index is -1.25. The molecule has 102 valence electrons. The quantitative estimate of drug-likeness (QED) is 0.744. The Morgan fingerprint density at radius 1 is 1.10 bits per heavy atom. The molecular weight excluding hydrogens is 268 g/mol. The summed E-state index contributed by atoms with van der Waals surface area (Å²) in [4.78, 5) is 2.49. The van der Waals surface area contributed by atoms with Gasteiger partial charge in [0, 0.05) is 11.6 Å². The molecule has 1 saturated heterocycles. The van der Waals surface area contributed by atoms with Gasteiger partial charge in [0.15, 0.2) is 0 Å². The zero-order chi connectivity index (χ0) is 13.6. The van der Waals surface area contributed by atoms with Crippen LogP contribution in [0.1, 0.15) is 12.0 Å². The lowest BCUT2D eigenvalue weighted by atomic mass is 9.41. The average molecular weight is 285 g/mol. The summed E-state index contributed by atoms with van der Waals surface area (Å²) >= 11 is 6.21. The fourth-order valence-electron chi connectivity index (χ4n) is 3.82. The van der Waals surface area contributed by atoms with Gasteiger partial charge in [-0.1, -0.05) is 59.6 Å². The molecule has 2 nitrogen and oxygen atoms in total. The number of hydrogen-bond donors (Lipinski definition) is 0. The lowest BCUT2D eigenvalue weighted by Gasteiger charge is -2.51.